The van der Waals surface area contributed by atoms with Crippen molar-refractivity contribution in [3.63, 3.8) is 0 Å². The number of rotatable bonds is 8. The zero-order valence-electron chi connectivity index (χ0n) is 12.6. The van der Waals surface area contributed by atoms with E-state index in [4.69, 9.17) is 5.11 Å². The Morgan fingerprint density at radius 2 is 2.00 bits per heavy atom. The average molecular weight is 285 g/mol. The standard InChI is InChI=1S/C14H27N3O3/c1-3-4-7-12(13(18)19)15-14(20)16(2)10-11-17-8-5-6-9-17/h12H,3-11H2,1-2H3,(H,15,20)(H,18,19). The predicted octanol–water partition coefficient (Wildman–Crippen LogP) is 1.37. The number of carbonyl (C=O) groups excluding carboxylic acids is 1. The third-order valence-corrected chi connectivity index (χ3v) is 3.74. The van der Waals surface area contributed by atoms with E-state index >= 15 is 0 Å². The third kappa shape index (κ3) is 5.77. The van der Waals surface area contributed by atoms with Crippen LogP contribution in [-0.2, 0) is 4.79 Å². The molecule has 0 spiro atoms. The summed E-state index contributed by atoms with van der Waals surface area (Å²) in [5, 5.41) is 11.7. The maximum Gasteiger partial charge on any atom is 0.326 e. The largest absolute Gasteiger partial charge is 0.480 e. The second-order valence-corrected chi connectivity index (χ2v) is 5.45. The minimum absolute atomic E-state index is 0.298. The van der Waals surface area contributed by atoms with Crippen molar-refractivity contribution in [3.8, 4) is 0 Å². The molecule has 1 fully saturated rings. The summed E-state index contributed by atoms with van der Waals surface area (Å²) in [7, 11) is 1.71. The molecule has 6 nitrogen and oxygen atoms in total. The lowest BCUT2D eigenvalue weighted by atomic mass is 10.1. The Morgan fingerprint density at radius 1 is 1.35 bits per heavy atom. The molecule has 1 heterocycles. The van der Waals surface area contributed by atoms with Crippen LogP contribution in [0.2, 0.25) is 0 Å². The molecule has 0 aromatic rings. The monoisotopic (exact) mass is 285 g/mol. The first kappa shape index (κ1) is 16.8. The molecule has 0 saturated carbocycles. The molecular formula is C14H27N3O3. The molecule has 1 unspecified atom stereocenters. The Morgan fingerprint density at radius 3 is 2.55 bits per heavy atom. The fourth-order valence-electron chi connectivity index (χ4n) is 2.32. The average Bonchev–Trinajstić information content (AvgIpc) is 2.93. The lowest BCUT2D eigenvalue weighted by Gasteiger charge is -2.23. The van der Waals surface area contributed by atoms with Crippen LogP contribution in [0.25, 0.3) is 0 Å². The van der Waals surface area contributed by atoms with E-state index in [0.717, 1.165) is 32.5 Å². The summed E-state index contributed by atoms with van der Waals surface area (Å²) in [5.74, 6) is -0.959. The number of unbranched alkanes of at least 4 members (excludes halogenated alkanes) is 1. The number of carbonyl (C=O) groups is 2. The summed E-state index contributed by atoms with van der Waals surface area (Å²) in [5.41, 5.74) is 0. The number of urea groups is 1. The van der Waals surface area contributed by atoms with Gasteiger partial charge in [0.25, 0.3) is 0 Å². The number of hydrogen-bond donors (Lipinski definition) is 2. The molecule has 0 bridgehead atoms. The number of nitrogens with one attached hydrogen (secondary N) is 1. The van der Waals surface area contributed by atoms with Crippen LogP contribution in [0.15, 0.2) is 0 Å². The number of carboxylic acid groups (broad SMARTS) is 1. The van der Waals surface area contributed by atoms with Gasteiger partial charge in [0.2, 0.25) is 0 Å². The molecule has 1 atom stereocenters. The Balaban J connectivity index is 2.32. The maximum atomic E-state index is 12.0. The first-order valence-corrected chi connectivity index (χ1v) is 7.51. The van der Waals surface area contributed by atoms with Gasteiger partial charge in [-0.25, -0.2) is 9.59 Å². The van der Waals surface area contributed by atoms with Crippen LogP contribution in [0.5, 0.6) is 0 Å². The number of likely N-dealkylation sites (N-methyl/N-ethyl adjacent to an activating group) is 1. The Hall–Kier alpha value is -1.30. The molecular weight excluding hydrogens is 258 g/mol. The van der Waals surface area contributed by atoms with Crippen LogP contribution in [0.4, 0.5) is 4.79 Å². The SMILES string of the molecule is CCCCC(NC(=O)N(C)CCN1CCCC1)C(=O)O. The zero-order valence-corrected chi connectivity index (χ0v) is 12.6. The molecule has 0 aliphatic carbocycles. The van der Waals surface area contributed by atoms with Crippen molar-refractivity contribution in [2.24, 2.45) is 0 Å². The zero-order chi connectivity index (χ0) is 15.0. The van der Waals surface area contributed by atoms with E-state index in [2.05, 4.69) is 10.2 Å². The van der Waals surface area contributed by atoms with Crippen molar-refractivity contribution >= 4 is 12.0 Å². The van der Waals surface area contributed by atoms with Crippen molar-refractivity contribution in [3.05, 3.63) is 0 Å². The molecule has 0 aromatic heterocycles. The number of nitrogens with zero attached hydrogens (tertiary/aromatic N) is 2. The Bertz CT molecular complexity index is 317. The van der Waals surface area contributed by atoms with E-state index in [1.54, 1.807) is 11.9 Å². The van der Waals surface area contributed by atoms with Crippen LogP contribution in [0.3, 0.4) is 0 Å². The molecule has 1 aliphatic heterocycles. The van der Waals surface area contributed by atoms with Crippen LogP contribution in [0.1, 0.15) is 39.0 Å². The highest BCUT2D eigenvalue weighted by molar-refractivity contribution is 5.82. The van der Waals surface area contributed by atoms with Crippen LogP contribution in [0, 0.1) is 0 Å². The minimum Gasteiger partial charge on any atom is -0.480 e. The summed E-state index contributed by atoms with van der Waals surface area (Å²) in [6.07, 6.45) is 4.67. The van der Waals surface area contributed by atoms with E-state index in [1.165, 1.54) is 12.8 Å². The quantitative estimate of drug-likeness (QED) is 0.706. The summed E-state index contributed by atoms with van der Waals surface area (Å²) >= 11 is 0. The van der Waals surface area contributed by atoms with E-state index in [-0.39, 0.29) is 6.03 Å². The van der Waals surface area contributed by atoms with Gasteiger partial charge in [0.05, 0.1) is 0 Å². The van der Waals surface area contributed by atoms with Crippen molar-refractivity contribution in [1.82, 2.24) is 15.1 Å². The lowest BCUT2D eigenvalue weighted by molar-refractivity contribution is -0.139. The second kappa shape index (κ2) is 8.79. The summed E-state index contributed by atoms with van der Waals surface area (Å²) in [6, 6.07) is -1.08. The molecule has 20 heavy (non-hydrogen) atoms. The van der Waals surface area contributed by atoms with E-state index in [1.807, 2.05) is 6.92 Å². The van der Waals surface area contributed by atoms with Crippen molar-refractivity contribution in [2.45, 2.75) is 45.1 Å². The van der Waals surface area contributed by atoms with Gasteiger partial charge in [-0.3, -0.25) is 0 Å². The number of carboxylic acids is 1. The lowest BCUT2D eigenvalue weighted by Crippen LogP contribution is -2.48. The summed E-state index contributed by atoms with van der Waals surface area (Å²) in [6.45, 7) is 5.69. The van der Waals surface area contributed by atoms with Crippen molar-refractivity contribution < 1.29 is 14.7 Å². The molecule has 116 valence electrons. The molecule has 6 heteroatoms. The Kier molecular flexibility index (Phi) is 7.36. The topological polar surface area (TPSA) is 72.9 Å². The highest BCUT2D eigenvalue weighted by Crippen LogP contribution is 2.06. The molecule has 2 N–H and O–H groups in total. The normalized spacial score (nSPS) is 16.9. The maximum absolute atomic E-state index is 12.0. The van der Waals surface area contributed by atoms with Gasteiger partial charge >= 0.3 is 12.0 Å². The van der Waals surface area contributed by atoms with Gasteiger partial charge in [0, 0.05) is 20.1 Å². The number of likely N-dealkylation sites (tertiary alicyclic amines) is 1. The highest BCUT2D eigenvalue weighted by Gasteiger charge is 2.21. The summed E-state index contributed by atoms with van der Waals surface area (Å²) < 4.78 is 0. The van der Waals surface area contributed by atoms with Gasteiger partial charge in [-0.1, -0.05) is 19.8 Å². The second-order valence-electron chi connectivity index (χ2n) is 5.45. The van der Waals surface area contributed by atoms with E-state index in [0.29, 0.717) is 13.0 Å². The van der Waals surface area contributed by atoms with Crippen molar-refractivity contribution in [1.29, 1.82) is 0 Å². The fourth-order valence-corrected chi connectivity index (χ4v) is 2.32. The molecule has 1 aliphatic rings. The van der Waals surface area contributed by atoms with Crippen LogP contribution >= 0.6 is 0 Å². The van der Waals surface area contributed by atoms with E-state index < -0.39 is 12.0 Å². The molecule has 1 saturated heterocycles. The fraction of sp³-hybridized carbons (Fsp3) is 0.857. The summed E-state index contributed by atoms with van der Waals surface area (Å²) in [4.78, 5) is 26.9. The molecule has 2 amide bonds. The Labute approximate surface area is 121 Å². The van der Waals surface area contributed by atoms with Gasteiger partial charge in [0.1, 0.15) is 6.04 Å². The van der Waals surface area contributed by atoms with Gasteiger partial charge < -0.3 is 20.2 Å². The predicted molar refractivity (Wildman–Crippen MR) is 77.8 cm³/mol. The first-order valence-electron chi connectivity index (χ1n) is 7.51. The molecule has 0 aromatic carbocycles. The van der Waals surface area contributed by atoms with Gasteiger partial charge in [0.15, 0.2) is 0 Å². The van der Waals surface area contributed by atoms with Crippen molar-refractivity contribution in [2.75, 3.05) is 33.2 Å². The van der Waals surface area contributed by atoms with Gasteiger partial charge in [-0.2, -0.15) is 0 Å². The smallest absolute Gasteiger partial charge is 0.326 e. The molecule has 1 rings (SSSR count). The number of aliphatic carboxylic acids is 1. The van der Waals surface area contributed by atoms with Crippen LogP contribution in [-0.4, -0.2) is 66.2 Å². The van der Waals surface area contributed by atoms with Crippen LogP contribution < -0.4 is 5.32 Å². The highest BCUT2D eigenvalue weighted by atomic mass is 16.4. The van der Waals surface area contributed by atoms with Gasteiger partial charge in [-0.15, -0.1) is 0 Å². The third-order valence-electron chi connectivity index (χ3n) is 3.74. The number of amides is 2. The van der Waals surface area contributed by atoms with E-state index in [9.17, 15) is 9.59 Å². The minimum atomic E-state index is -0.959. The first-order chi connectivity index (χ1) is 9.54. The number of hydrogen-bond acceptors (Lipinski definition) is 3. The van der Waals surface area contributed by atoms with Gasteiger partial charge in [-0.05, 0) is 32.4 Å². The molecule has 0 radical (unpaired) electrons.